The molecule has 1 unspecified atom stereocenters. The van der Waals surface area contributed by atoms with Crippen LogP contribution in [0.2, 0.25) is 0 Å². The van der Waals surface area contributed by atoms with E-state index >= 15 is 0 Å². The number of benzene rings is 1. The molecule has 1 N–H and O–H groups in total. The molecule has 0 spiro atoms. The van der Waals surface area contributed by atoms with Crippen molar-refractivity contribution in [2.75, 3.05) is 0 Å². The zero-order valence-electron chi connectivity index (χ0n) is 14.0. The van der Waals surface area contributed by atoms with Crippen molar-refractivity contribution in [3.63, 3.8) is 0 Å². The van der Waals surface area contributed by atoms with E-state index in [9.17, 15) is 9.69 Å². The van der Waals surface area contributed by atoms with Crippen molar-refractivity contribution in [2.45, 2.75) is 25.4 Å². The highest BCUT2D eigenvalue weighted by Gasteiger charge is 2.29. The minimum absolute atomic E-state index is 0.0299. The molecular weight excluding hydrogens is 347 g/mol. The van der Waals surface area contributed by atoms with Gasteiger partial charge in [0.05, 0.1) is 29.5 Å². The Bertz CT molecular complexity index is 1190. The number of rotatable bonds is 4. The van der Waals surface area contributed by atoms with Gasteiger partial charge in [0.25, 0.3) is 0 Å². The topological polar surface area (TPSA) is 72.9 Å². The van der Waals surface area contributed by atoms with Crippen LogP contribution in [0.25, 0.3) is 21.8 Å². The molecule has 1 saturated carbocycles. The first kappa shape index (κ1) is 15.7. The van der Waals surface area contributed by atoms with Crippen molar-refractivity contribution >= 4 is 35.9 Å². The average Bonchev–Trinajstić information content (AvgIpc) is 3.47. The lowest BCUT2D eigenvalue weighted by atomic mass is 10.1. The SMILES string of the molecule is O=c1n(Cc2ncc3ccccc3c2PO)c2cnccc2n1C1CC1. The molecule has 0 amide bonds. The van der Waals surface area contributed by atoms with Crippen LogP contribution in [-0.2, 0) is 6.54 Å². The number of fused-ring (bicyclic) bond motifs is 2. The molecule has 0 bridgehead atoms. The second-order valence-corrected chi connectivity index (χ2v) is 7.34. The fraction of sp³-hybridized carbons (Fsp3) is 0.211. The molecule has 6 nitrogen and oxygen atoms in total. The first-order valence-electron chi connectivity index (χ1n) is 8.59. The summed E-state index contributed by atoms with van der Waals surface area (Å²) < 4.78 is 3.60. The van der Waals surface area contributed by atoms with Crippen LogP contribution in [0.3, 0.4) is 0 Å². The van der Waals surface area contributed by atoms with E-state index in [1.807, 2.05) is 34.9 Å². The van der Waals surface area contributed by atoms with Gasteiger partial charge in [-0.2, -0.15) is 0 Å². The first-order valence-corrected chi connectivity index (χ1v) is 9.54. The van der Waals surface area contributed by atoms with Crippen LogP contribution in [-0.4, -0.2) is 24.0 Å². The van der Waals surface area contributed by atoms with Crippen molar-refractivity contribution in [1.29, 1.82) is 0 Å². The summed E-state index contributed by atoms with van der Waals surface area (Å²) in [6.07, 6.45) is 7.34. The van der Waals surface area contributed by atoms with Gasteiger partial charge in [-0.1, -0.05) is 24.3 Å². The maximum absolute atomic E-state index is 13.0. The van der Waals surface area contributed by atoms with Gasteiger partial charge >= 0.3 is 5.69 Å². The van der Waals surface area contributed by atoms with Crippen molar-refractivity contribution in [1.82, 2.24) is 19.1 Å². The molecule has 3 aromatic heterocycles. The Morgan fingerprint density at radius 2 is 2.00 bits per heavy atom. The van der Waals surface area contributed by atoms with Gasteiger partial charge < -0.3 is 4.89 Å². The van der Waals surface area contributed by atoms with E-state index in [-0.39, 0.29) is 20.5 Å². The highest BCUT2D eigenvalue weighted by atomic mass is 31.1. The summed E-state index contributed by atoms with van der Waals surface area (Å²) in [6.45, 7) is 0.328. The Balaban J connectivity index is 1.70. The van der Waals surface area contributed by atoms with Gasteiger partial charge in [-0.25, -0.2) is 4.79 Å². The number of imidazole rings is 1. The molecule has 0 radical (unpaired) electrons. The van der Waals surface area contributed by atoms with Gasteiger partial charge in [0, 0.05) is 37.9 Å². The zero-order valence-corrected chi connectivity index (χ0v) is 15.0. The van der Waals surface area contributed by atoms with Crippen molar-refractivity contribution < 1.29 is 4.89 Å². The van der Waals surface area contributed by atoms with Gasteiger partial charge in [0.15, 0.2) is 0 Å². The molecule has 26 heavy (non-hydrogen) atoms. The highest BCUT2D eigenvalue weighted by molar-refractivity contribution is 7.41. The van der Waals surface area contributed by atoms with Gasteiger partial charge in [0.2, 0.25) is 0 Å². The molecule has 5 rings (SSSR count). The second-order valence-electron chi connectivity index (χ2n) is 6.61. The molecule has 3 heterocycles. The van der Waals surface area contributed by atoms with Crippen LogP contribution < -0.4 is 11.0 Å². The molecule has 1 aliphatic rings. The Labute approximate surface area is 151 Å². The third-order valence-corrected chi connectivity index (χ3v) is 5.76. The normalized spacial score (nSPS) is 14.8. The van der Waals surface area contributed by atoms with Crippen LogP contribution in [0.4, 0.5) is 0 Å². The van der Waals surface area contributed by atoms with E-state index in [0.29, 0.717) is 6.54 Å². The quantitative estimate of drug-likeness (QED) is 0.564. The molecular formula is C19H17N4O2P. The second kappa shape index (κ2) is 6.01. The van der Waals surface area contributed by atoms with E-state index in [0.717, 1.165) is 45.6 Å². The highest BCUT2D eigenvalue weighted by Crippen LogP contribution is 2.36. The summed E-state index contributed by atoms with van der Waals surface area (Å²) in [5.74, 6) is 0. The Morgan fingerprint density at radius 1 is 1.15 bits per heavy atom. The maximum Gasteiger partial charge on any atom is 0.329 e. The minimum atomic E-state index is -0.378. The molecule has 0 saturated heterocycles. The van der Waals surface area contributed by atoms with Crippen LogP contribution >= 0.6 is 8.81 Å². The monoisotopic (exact) mass is 364 g/mol. The van der Waals surface area contributed by atoms with Gasteiger partial charge in [-0.05, 0) is 24.3 Å². The Hall–Kier alpha value is -2.56. The fourth-order valence-electron chi connectivity index (χ4n) is 3.56. The van der Waals surface area contributed by atoms with Crippen molar-refractivity contribution in [2.24, 2.45) is 0 Å². The number of nitrogens with zero attached hydrogens (tertiary/aromatic N) is 4. The lowest BCUT2D eigenvalue weighted by Gasteiger charge is -2.10. The van der Waals surface area contributed by atoms with Crippen LogP contribution in [0.5, 0.6) is 0 Å². The first-order chi connectivity index (χ1) is 12.8. The van der Waals surface area contributed by atoms with E-state index in [4.69, 9.17) is 0 Å². The smallest absolute Gasteiger partial charge is 0.329 e. The van der Waals surface area contributed by atoms with E-state index in [1.165, 1.54) is 0 Å². The third kappa shape index (κ3) is 2.37. The molecule has 1 fully saturated rings. The number of hydrogen-bond acceptors (Lipinski definition) is 4. The molecule has 130 valence electrons. The predicted octanol–water partition coefficient (Wildman–Crippen LogP) is 2.34. The van der Waals surface area contributed by atoms with E-state index in [2.05, 4.69) is 9.97 Å². The molecule has 1 aliphatic carbocycles. The molecule has 1 atom stereocenters. The standard InChI is InChI=1S/C19H17N4O2P/c24-19-22(17-10-20-8-7-16(17)23(19)13-5-6-13)11-15-18(26-25)14-4-2-1-3-12(14)9-21-15/h1-4,7-10,13,25-26H,5-6,11H2. The third-order valence-electron chi connectivity index (χ3n) is 4.97. The number of hydrogen-bond donors (Lipinski definition) is 1. The number of pyridine rings is 2. The molecule has 1 aromatic carbocycles. The number of aromatic nitrogens is 4. The summed E-state index contributed by atoms with van der Waals surface area (Å²) in [7, 11) is -0.378. The van der Waals surface area contributed by atoms with Crippen LogP contribution in [0.15, 0.2) is 53.7 Å². The van der Waals surface area contributed by atoms with Crippen molar-refractivity contribution in [3.05, 3.63) is 65.1 Å². The summed E-state index contributed by atoms with van der Waals surface area (Å²) in [4.78, 5) is 31.8. The molecule has 7 heteroatoms. The lowest BCUT2D eigenvalue weighted by Crippen LogP contribution is -2.26. The van der Waals surface area contributed by atoms with Gasteiger partial charge in [-0.3, -0.25) is 19.1 Å². The predicted molar refractivity (Wildman–Crippen MR) is 103 cm³/mol. The maximum atomic E-state index is 13.0. The summed E-state index contributed by atoms with van der Waals surface area (Å²) in [5, 5.41) is 2.77. The largest absolute Gasteiger partial charge is 0.372 e. The van der Waals surface area contributed by atoms with Gasteiger partial charge in [0.1, 0.15) is 0 Å². The molecule has 4 aromatic rings. The average molecular weight is 364 g/mol. The van der Waals surface area contributed by atoms with Crippen LogP contribution in [0.1, 0.15) is 24.6 Å². The zero-order chi connectivity index (χ0) is 17.7. The van der Waals surface area contributed by atoms with Crippen molar-refractivity contribution in [3.8, 4) is 0 Å². The summed E-state index contributed by atoms with van der Waals surface area (Å²) in [6, 6.07) is 10.0. The minimum Gasteiger partial charge on any atom is -0.372 e. The van der Waals surface area contributed by atoms with E-state index in [1.54, 1.807) is 23.2 Å². The van der Waals surface area contributed by atoms with Crippen LogP contribution in [0, 0.1) is 0 Å². The Morgan fingerprint density at radius 3 is 2.81 bits per heavy atom. The van der Waals surface area contributed by atoms with E-state index < -0.39 is 0 Å². The lowest BCUT2D eigenvalue weighted by molar-refractivity contribution is 0.652. The fourth-order valence-corrected chi connectivity index (χ4v) is 4.18. The summed E-state index contributed by atoms with van der Waals surface area (Å²) >= 11 is 0. The Kier molecular flexibility index (Phi) is 3.62. The molecule has 0 aliphatic heterocycles. The van der Waals surface area contributed by atoms with Gasteiger partial charge in [-0.15, -0.1) is 0 Å². The summed E-state index contributed by atoms with van der Waals surface area (Å²) in [5.41, 5.74) is 2.43.